The molecule has 1 amide bonds. The molecule has 3 rings (SSSR count). The number of nitrogens with zero attached hydrogens (tertiary/aromatic N) is 4. The summed E-state index contributed by atoms with van der Waals surface area (Å²) in [5.74, 6) is 0.0698. The number of carbonyl (C=O) groups excluding carboxylic acids is 1. The van der Waals surface area contributed by atoms with Gasteiger partial charge >= 0.3 is 0 Å². The van der Waals surface area contributed by atoms with Crippen LogP contribution in [0.1, 0.15) is 15.9 Å². The van der Waals surface area contributed by atoms with E-state index in [1.807, 2.05) is 23.1 Å². The van der Waals surface area contributed by atoms with Crippen molar-refractivity contribution in [2.45, 2.75) is 6.54 Å². The molecule has 0 saturated carbocycles. The van der Waals surface area contributed by atoms with E-state index in [1.165, 1.54) is 0 Å². The highest BCUT2D eigenvalue weighted by Gasteiger charge is 2.19. The topological polar surface area (TPSA) is 39.7 Å². The van der Waals surface area contributed by atoms with E-state index in [-0.39, 0.29) is 5.91 Å². The molecule has 0 spiro atoms. The Hall–Kier alpha value is -2.24. The highest BCUT2D eigenvalue weighted by Crippen LogP contribution is 2.10. The summed E-state index contributed by atoms with van der Waals surface area (Å²) in [5.41, 5.74) is 1.85. The number of pyridine rings is 1. The van der Waals surface area contributed by atoms with Crippen LogP contribution >= 0.6 is 0 Å². The van der Waals surface area contributed by atoms with Crippen LogP contribution in [-0.2, 0) is 6.54 Å². The van der Waals surface area contributed by atoms with E-state index < -0.39 is 0 Å². The first-order valence-corrected chi connectivity index (χ1v) is 8.86. The monoisotopic (exact) mass is 338 g/mol. The fraction of sp³-hybridized carbons (Fsp3) is 0.400. The van der Waals surface area contributed by atoms with Gasteiger partial charge in [-0.25, -0.2) is 0 Å². The molecular formula is C20H26N4O. The zero-order valence-corrected chi connectivity index (χ0v) is 14.8. The predicted molar refractivity (Wildman–Crippen MR) is 99.4 cm³/mol. The third-order valence-corrected chi connectivity index (χ3v) is 4.71. The summed E-state index contributed by atoms with van der Waals surface area (Å²) in [6.07, 6.45) is 3.35. The van der Waals surface area contributed by atoms with Gasteiger partial charge in [-0.15, -0.1) is 0 Å². The lowest BCUT2D eigenvalue weighted by Crippen LogP contribution is -2.47. The van der Waals surface area contributed by atoms with E-state index in [9.17, 15) is 4.79 Å². The fourth-order valence-corrected chi connectivity index (χ4v) is 3.07. The van der Waals surface area contributed by atoms with E-state index in [0.717, 1.165) is 44.8 Å². The van der Waals surface area contributed by atoms with Gasteiger partial charge in [0.2, 0.25) is 0 Å². The van der Waals surface area contributed by atoms with Gasteiger partial charge in [0, 0.05) is 63.8 Å². The van der Waals surface area contributed by atoms with Crippen molar-refractivity contribution in [1.82, 2.24) is 19.7 Å². The number of likely N-dealkylation sites (N-methyl/N-ethyl adjacent to an activating group) is 1. The first-order valence-electron chi connectivity index (χ1n) is 8.86. The molecule has 1 aromatic carbocycles. The molecule has 25 heavy (non-hydrogen) atoms. The van der Waals surface area contributed by atoms with Crippen LogP contribution in [0.15, 0.2) is 54.9 Å². The minimum atomic E-state index is 0.0698. The van der Waals surface area contributed by atoms with Crippen LogP contribution in [0.2, 0.25) is 0 Å². The smallest absolute Gasteiger partial charge is 0.254 e. The zero-order chi connectivity index (χ0) is 17.5. The van der Waals surface area contributed by atoms with Crippen molar-refractivity contribution >= 4 is 5.91 Å². The molecule has 2 heterocycles. The van der Waals surface area contributed by atoms with Crippen molar-refractivity contribution in [2.75, 3.05) is 46.3 Å². The van der Waals surface area contributed by atoms with Crippen LogP contribution in [0, 0.1) is 0 Å². The molecule has 1 aliphatic heterocycles. The minimum Gasteiger partial charge on any atom is -0.333 e. The fourth-order valence-electron chi connectivity index (χ4n) is 3.07. The Kier molecular flexibility index (Phi) is 6.14. The van der Waals surface area contributed by atoms with Crippen molar-refractivity contribution in [2.24, 2.45) is 0 Å². The zero-order valence-electron chi connectivity index (χ0n) is 14.8. The van der Waals surface area contributed by atoms with Crippen LogP contribution in [-0.4, -0.2) is 71.9 Å². The first-order chi connectivity index (χ1) is 12.2. The number of hydrogen-bond acceptors (Lipinski definition) is 4. The van der Waals surface area contributed by atoms with E-state index in [1.54, 1.807) is 24.5 Å². The number of piperazine rings is 1. The number of benzene rings is 1. The van der Waals surface area contributed by atoms with Crippen molar-refractivity contribution in [3.8, 4) is 0 Å². The summed E-state index contributed by atoms with van der Waals surface area (Å²) < 4.78 is 0. The van der Waals surface area contributed by atoms with Gasteiger partial charge in [-0.05, 0) is 24.7 Å². The number of amides is 1. The van der Waals surface area contributed by atoms with Gasteiger partial charge in [0.1, 0.15) is 0 Å². The largest absolute Gasteiger partial charge is 0.333 e. The molecule has 0 atom stereocenters. The van der Waals surface area contributed by atoms with E-state index in [4.69, 9.17) is 0 Å². The van der Waals surface area contributed by atoms with Gasteiger partial charge in [0.15, 0.2) is 0 Å². The Morgan fingerprint density at radius 1 is 1.04 bits per heavy atom. The minimum absolute atomic E-state index is 0.0698. The quantitative estimate of drug-likeness (QED) is 0.807. The van der Waals surface area contributed by atoms with Crippen molar-refractivity contribution in [1.29, 1.82) is 0 Å². The third-order valence-electron chi connectivity index (χ3n) is 4.71. The number of rotatable bonds is 6. The molecule has 1 aliphatic rings. The summed E-state index contributed by atoms with van der Waals surface area (Å²) in [5, 5.41) is 0. The van der Waals surface area contributed by atoms with Crippen LogP contribution < -0.4 is 0 Å². The lowest BCUT2D eigenvalue weighted by Gasteiger charge is -2.34. The Morgan fingerprint density at radius 3 is 2.40 bits per heavy atom. The number of hydrogen-bond donors (Lipinski definition) is 0. The lowest BCUT2D eigenvalue weighted by atomic mass is 10.1. The van der Waals surface area contributed by atoms with Gasteiger partial charge in [0.25, 0.3) is 5.91 Å². The number of aromatic nitrogens is 1. The van der Waals surface area contributed by atoms with Crippen LogP contribution in [0.5, 0.6) is 0 Å². The molecule has 5 nitrogen and oxygen atoms in total. The molecule has 0 bridgehead atoms. The normalized spacial score (nSPS) is 15.9. The molecule has 0 unspecified atom stereocenters. The first kappa shape index (κ1) is 17.6. The maximum Gasteiger partial charge on any atom is 0.254 e. The van der Waals surface area contributed by atoms with Gasteiger partial charge < -0.3 is 9.80 Å². The highest BCUT2D eigenvalue weighted by molar-refractivity contribution is 5.94. The average Bonchev–Trinajstić information content (AvgIpc) is 2.67. The van der Waals surface area contributed by atoms with Gasteiger partial charge in [-0.1, -0.05) is 30.3 Å². The summed E-state index contributed by atoms with van der Waals surface area (Å²) in [6, 6.07) is 13.8. The molecule has 1 fully saturated rings. The van der Waals surface area contributed by atoms with Crippen LogP contribution in [0.4, 0.5) is 0 Å². The Bertz CT molecular complexity index is 654. The van der Waals surface area contributed by atoms with Crippen LogP contribution in [0.3, 0.4) is 0 Å². The summed E-state index contributed by atoms with van der Waals surface area (Å²) >= 11 is 0. The second-order valence-corrected chi connectivity index (χ2v) is 6.59. The van der Waals surface area contributed by atoms with Crippen LogP contribution in [0.25, 0.3) is 0 Å². The van der Waals surface area contributed by atoms with E-state index >= 15 is 0 Å². The summed E-state index contributed by atoms with van der Waals surface area (Å²) in [4.78, 5) is 23.7. The summed E-state index contributed by atoms with van der Waals surface area (Å²) in [7, 11) is 2.16. The second kappa shape index (κ2) is 8.74. The van der Waals surface area contributed by atoms with Crippen molar-refractivity contribution in [3.05, 3.63) is 66.0 Å². The predicted octanol–water partition coefficient (Wildman–Crippen LogP) is 1.97. The molecule has 1 saturated heterocycles. The highest BCUT2D eigenvalue weighted by atomic mass is 16.2. The SMILES string of the molecule is CN1CCN(CCN(Cc2ccccc2)C(=O)c2ccncc2)CC1. The number of carbonyl (C=O) groups is 1. The molecule has 0 N–H and O–H groups in total. The van der Waals surface area contributed by atoms with Crippen molar-refractivity contribution in [3.63, 3.8) is 0 Å². The standard InChI is InChI=1S/C20H26N4O/c1-22-11-13-23(14-12-22)15-16-24(17-18-5-3-2-4-6-18)20(25)19-7-9-21-10-8-19/h2-10H,11-17H2,1H3. The molecule has 5 heteroatoms. The lowest BCUT2D eigenvalue weighted by molar-refractivity contribution is 0.0700. The third kappa shape index (κ3) is 5.11. The Morgan fingerprint density at radius 2 is 1.72 bits per heavy atom. The van der Waals surface area contributed by atoms with Gasteiger partial charge in [0.05, 0.1) is 0 Å². The maximum atomic E-state index is 12.9. The Balaban J connectivity index is 1.66. The molecule has 1 aromatic heterocycles. The average molecular weight is 338 g/mol. The second-order valence-electron chi connectivity index (χ2n) is 6.59. The summed E-state index contributed by atoms with van der Waals surface area (Å²) in [6.45, 7) is 6.61. The van der Waals surface area contributed by atoms with Gasteiger partial charge in [-0.2, -0.15) is 0 Å². The molecule has 0 aliphatic carbocycles. The Labute approximate surface area is 149 Å². The molecular weight excluding hydrogens is 312 g/mol. The maximum absolute atomic E-state index is 12.9. The van der Waals surface area contributed by atoms with Gasteiger partial charge in [-0.3, -0.25) is 14.7 Å². The van der Waals surface area contributed by atoms with Crippen molar-refractivity contribution < 1.29 is 4.79 Å². The molecule has 0 radical (unpaired) electrons. The molecule has 2 aromatic rings. The van der Waals surface area contributed by atoms with E-state index in [2.05, 4.69) is 34.0 Å². The molecule has 132 valence electrons. The van der Waals surface area contributed by atoms with E-state index in [0.29, 0.717) is 12.1 Å².